The summed E-state index contributed by atoms with van der Waals surface area (Å²) in [6.07, 6.45) is 2.99. The molecule has 0 spiro atoms. The predicted molar refractivity (Wildman–Crippen MR) is 67.6 cm³/mol. The number of aromatic nitrogens is 2. The molecule has 0 fully saturated rings. The molecular formula is C13H15N3O2. The molecule has 1 heterocycles. The van der Waals surface area contributed by atoms with Crippen LogP contribution >= 0.6 is 0 Å². The van der Waals surface area contributed by atoms with Crippen LogP contribution in [0.5, 0.6) is 0 Å². The number of carbonyl (C=O) groups is 1. The maximum atomic E-state index is 11.7. The second-order valence-electron chi connectivity index (χ2n) is 4.06. The molecule has 1 aromatic heterocycles. The van der Waals surface area contributed by atoms with Crippen LogP contribution in [0.2, 0.25) is 0 Å². The van der Waals surface area contributed by atoms with E-state index in [-0.39, 0.29) is 12.5 Å². The smallest absolute Gasteiger partial charge is 0.251 e. The lowest BCUT2D eigenvalue weighted by Gasteiger charge is -2.07. The molecule has 0 bridgehead atoms. The Morgan fingerprint density at radius 2 is 2.17 bits per heavy atom. The van der Waals surface area contributed by atoms with Crippen molar-refractivity contribution >= 4 is 5.91 Å². The van der Waals surface area contributed by atoms with Crippen LogP contribution in [0.15, 0.2) is 42.7 Å². The third-order valence-electron chi connectivity index (χ3n) is 2.46. The average molecular weight is 245 g/mol. The van der Waals surface area contributed by atoms with Gasteiger partial charge in [-0.3, -0.25) is 4.79 Å². The van der Waals surface area contributed by atoms with E-state index in [4.69, 9.17) is 5.11 Å². The lowest BCUT2D eigenvalue weighted by atomic mass is 10.2. The lowest BCUT2D eigenvalue weighted by Crippen LogP contribution is -2.30. The molecule has 0 aliphatic carbocycles. The number of benzene rings is 1. The number of nitrogens with zero attached hydrogens (tertiary/aromatic N) is 2. The van der Waals surface area contributed by atoms with Crippen molar-refractivity contribution in [3.05, 3.63) is 48.3 Å². The number of aliphatic hydroxyl groups excluding tert-OH is 1. The van der Waals surface area contributed by atoms with Crippen LogP contribution in [0.3, 0.4) is 0 Å². The van der Waals surface area contributed by atoms with Crippen LogP contribution in [-0.2, 0) is 0 Å². The van der Waals surface area contributed by atoms with Crippen LogP contribution < -0.4 is 5.32 Å². The van der Waals surface area contributed by atoms with Gasteiger partial charge in [0.2, 0.25) is 0 Å². The number of hydrogen-bond acceptors (Lipinski definition) is 3. The Bertz CT molecular complexity index is 504. The van der Waals surface area contributed by atoms with E-state index < -0.39 is 6.10 Å². The zero-order chi connectivity index (χ0) is 13.0. The summed E-state index contributed by atoms with van der Waals surface area (Å²) in [6.45, 7) is 1.88. The molecule has 1 aromatic carbocycles. The van der Waals surface area contributed by atoms with Gasteiger partial charge in [-0.2, -0.15) is 5.10 Å². The van der Waals surface area contributed by atoms with Crippen molar-refractivity contribution in [3.63, 3.8) is 0 Å². The van der Waals surface area contributed by atoms with E-state index >= 15 is 0 Å². The summed E-state index contributed by atoms with van der Waals surface area (Å²) in [5, 5.41) is 15.8. The van der Waals surface area contributed by atoms with Crippen LogP contribution in [0.4, 0.5) is 0 Å². The highest BCUT2D eigenvalue weighted by atomic mass is 16.3. The molecule has 2 aromatic rings. The van der Waals surface area contributed by atoms with E-state index in [1.54, 1.807) is 29.9 Å². The maximum absolute atomic E-state index is 11.7. The van der Waals surface area contributed by atoms with Crippen molar-refractivity contribution in [2.75, 3.05) is 6.54 Å². The summed E-state index contributed by atoms with van der Waals surface area (Å²) in [7, 11) is 0. The van der Waals surface area contributed by atoms with Gasteiger partial charge < -0.3 is 10.4 Å². The van der Waals surface area contributed by atoms with Gasteiger partial charge in [0.1, 0.15) is 0 Å². The largest absolute Gasteiger partial charge is 0.392 e. The molecule has 0 saturated carbocycles. The van der Waals surface area contributed by atoms with Crippen LogP contribution in [0.25, 0.3) is 5.69 Å². The van der Waals surface area contributed by atoms with Crippen molar-refractivity contribution in [2.24, 2.45) is 0 Å². The molecule has 18 heavy (non-hydrogen) atoms. The van der Waals surface area contributed by atoms with E-state index in [1.165, 1.54) is 0 Å². The number of hydrogen-bond donors (Lipinski definition) is 2. The van der Waals surface area contributed by atoms with Crippen molar-refractivity contribution in [1.82, 2.24) is 15.1 Å². The molecule has 0 aliphatic rings. The average Bonchev–Trinajstić information content (AvgIpc) is 2.90. The normalized spacial score (nSPS) is 12.1. The molecule has 2 N–H and O–H groups in total. The SMILES string of the molecule is C[C@@H](O)CNC(=O)c1ccc(-n2cccn2)cc1. The molecule has 1 amide bonds. The van der Waals surface area contributed by atoms with Gasteiger partial charge in [0.05, 0.1) is 11.8 Å². The Labute approximate surface area is 105 Å². The minimum Gasteiger partial charge on any atom is -0.392 e. The zero-order valence-corrected chi connectivity index (χ0v) is 10.1. The zero-order valence-electron chi connectivity index (χ0n) is 10.1. The first kappa shape index (κ1) is 12.3. The van der Waals surface area contributed by atoms with Crippen LogP contribution in [0, 0.1) is 0 Å². The number of carbonyl (C=O) groups excluding carboxylic acids is 1. The Morgan fingerprint density at radius 1 is 1.44 bits per heavy atom. The molecular weight excluding hydrogens is 230 g/mol. The third-order valence-corrected chi connectivity index (χ3v) is 2.46. The van der Waals surface area contributed by atoms with E-state index in [2.05, 4.69) is 10.4 Å². The van der Waals surface area contributed by atoms with Gasteiger partial charge in [0.15, 0.2) is 0 Å². The van der Waals surface area contributed by atoms with Crippen molar-refractivity contribution in [1.29, 1.82) is 0 Å². The van der Waals surface area contributed by atoms with Crippen LogP contribution in [0.1, 0.15) is 17.3 Å². The van der Waals surface area contributed by atoms with E-state index in [0.717, 1.165) is 5.69 Å². The first-order chi connectivity index (χ1) is 8.66. The van der Waals surface area contributed by atoms with E-state index in [0.29, 0.717) is 5.56 Å². The number of amides is 1. The molecule has 5 nitrogen and oxygen atoms in total. The Hall–Kier alpha value is -2.14. The van der Waals surface area contributed by atoms with Gasteiger partial charge in [0.25, 0.3) is 5.91 Å². The summed E-state index contributed by atoms with van der Waals surface area (Å²) in [5.41, 5.74) is 1.46. The first-order valence-electron chi connectivity index (χ1n) is 5.73. The molecule has 0 radical (unpaired) electrons. The van der Waals surface area contributed by atoms with E-state index in [9.17, 15) is 4.79 Å². The fourth-order valence-corrected chi connectivity index (χ4v) is 1.53. The Balaban J connectivity index is 2.06. The fraction of sp³-hybridized carbons (Fsp3) is 0.231. The number of aliphatic hydroxyl groups is 1. The minimum atomic E-state index is -0.544. The molecule has 2 rings (SSSR count). The van der Waals surface area contributed by atoms with Gasteiger partial charge in [-0.25, -0.2) is 4.68 Å². The maximum Gasteiger partial charge on any atom is 0.251 e. The highest BCUT2D eigenvalue weighted by Gasteiger charge is 2.06. The second kappa shape index (κ2) is 5.46. The van der Waals surface area contributed by atoms with Crippen molar-refractivity contribution in [3.8, 4) is 5.69 Å². The standard InChI is InChI=1S/C13H15N3O2/c1-10(17)9-14-13(18)11-3-5-12(6-4-11)16-8-2-7-15-16/h2-8,10,17H,9H2,1H3,(H,14,18)/t10-/m1/s1. The summed E-state index contributed by atoms with van der Waals surface area (Å²) < 4.78 is 1.72. The van der Waals surface area contributed by atoms with Crippen LogP contribution in [-0.4, -0.2) is 33.4 Å². The lowest BCUT2D eigenvalue weighted by molar-refractivity contribution is 0.0924. The number of nitrogens with one attached hydrogen (secondary N) is 1. The summed E-state index contributed by atoms with van der Waals surface area (Å²) in [5.74, 6) is -0.192. The van der Waals surface area contributed by atoms with Gasteiger partial charge in [-0.05, 0) is 37.3 Å². The first-order valence-corrected chi connectivity index (χ1v) is 5.73. The summed E-state index contributed by atoms with van der Waals surface area (Å²) in [6, 6.07) is 8.95. The molecule has 0 unspecified atom stereocenters. The highest BCUT2D eigenvalue weighted by molar-refractivity contribution is 5.94. The topological polar surface area (TPSA) is 67.2 Å². The van der Waals surface area contributed by atoms with E-state index in [1.807, 2.05) is 24.4 Å². The highest BCUT2D eigenvalue weighted by Crippen LogP contribution is 2.08. The fourth-order valence-electron chi connectivity index (χ4n) is 1.53. The van der Waals surface area contributed by atoms with Crippen molar-refractivity contribution in [2.45, 2.75) is 13.0 Å². The molecule has 94 valence electrons. The predicted octanol–water partition coefficient (Wildman–Crippen LogP) is 0.983. The Morgan fingerprint density at radius 3 is 2.72 bits per heavy atom. The van der Waals surface area contributed by atoms with Gasteiger partial charge >= 0.3 is 0 Å². The Kier molecular flexibility index (Phi) is 3.74. The summed E-state index contributed by atoms with van der Waals surface area (Å²) >= 11 is 0. The quantitative estimate of drug-likeness (QED) is 0.844. The number of rotatable bonds is 4. The van der Waals surface area contributed by atoms with Crippen molar-refractivity contribution < 1.29 is 9.90 Å². The second-order valence-corrected chi connectivity index (χ2v) is 4.06. The van der Waals surface area contributed by atoms with Gasteiger partial charge in [0, 0.05) is 24.5 Å². The third kappa shape index (κ3) is 2.95. The van der Waals surface area contributed by atoms with Gasteiger partial charge in [-0.1, -0.05) is 0 Å². The molecule has 1 atom stereocenters. The minimum absolute atomic E-state index is 0.192. The molecule has 0 saturated heterocycles. The molecule has 0 aliphatic heterocycles. The van der Waals surface area contributed by atoms with Gasteiger partial charge in [-0.15, -0.1) is 0 Å². The molecule has 5 heteroatoms. The summed E-state index contributed by atoms with van der Waals surface area (Å²) in [4.78, 5) is 11.7. The monoisotopic (exact) mass is 245 g/mol.